The van der Waals surface area contributed by atoms with Crippen molar-refractivity contribution in [1.29, 1.82) is 0 Å². The quantitative estimate of drug-likeness (QED) is 0.878. The number of carbonyl (C=O) groups excluding carboxylic acids is 1. The molecule has 5 nitrogen and oxygen atoms in total. The van der Waals surface area contributed by atoms with Crippen LogP contribution in [0, 0.1) is 11.7 Å². The summed E-state index contributed by atoms with van der Waals surface area (Å²) in [4.78, 5) is 15.9. The van der Waals surface area contributed by atoms with Crippen molar-refractivity contribution < 1.29 is 13.9 Å². The van der Waals surface area contributed by atoms with Crippen molar-refractivity contribution >= 4 is 18.3 Å². The topological polar surface area (TPSA) is 63.2 Å². The fourth-order valence-corrected chi connectivity index (χ4v) is 2.05. The van der Waals surface area contributed by atoms with E-state index in [1.54, 1.807) is 12.3 Å². The first-order chi connectivity index (χ1) is 10.7. The minimum atomic E-state index is -0.317. The normalized spacial score (nSPS) is 13.6. The summed E-state index contributed by atoms with van der Waals surface area (Å²) in [5, 5.41) is 5.95. The van der Waals surface area contributed by atoms with Crippen LogP contribution in [0.15, 0.2) is 42.6 Å². The lowest BCUT2D eigenvalue weighted by molar-refractivity contribution is -0.126. The lowest BCUT2D eigenvalue weighted by Crippen LogP contribution is -2.50. The molecule has 3 rings (SSSR count). The molecule has 23 heavy (non-hydrogen) atoms. The van der Waals surface area contributed by atoms with E-state index in [2.05, 4.69) is 15.6 Å². The first kappa shape index (κ1) is 17.2. The van der Waals surface area contributed by atoms with Gasteiger partial charge in [-0.05, 0) is 35.9 Å². The zero-order valence-electron chi connectivity index (χ0n) is 12.3. The second-order valence-electron chi connectivity index (χ2n) is 5.13. The van der Waals surface area contributed by atoms with Gasteiger partial charge in [0.05, 0.1) is 5.92 Å². The molecule has 1 aliphatic rings. The molecular weight excluding hydrogens is 321 g/mol. The highest BCUT2D eigenvalue weighted by Crippen LogP contribution is 2.20. The van der Waals surface area contributed by atoms with Crippen LogP contribution in [0.4, 0.5) is 4.39 Å². The van der Waals surface area contributed by atoms with E-state index in [-0.39, 0.29) is 30.0 Å². The van der Waals surface area contributed by atoms with Gasteiger partial charge in [-0.2, -0.15) is 0 Å². The van der Waals surface area contributed by atoms with Crippen LogP contribution in [0.2, 0.25) is 0 Å². The maximum absolute atomic E-state index is 12.8. The molecule has 1 aliphatic heterocycles. The summed E-state index contributed by atoms with van der Waals surface area (Å²) < 4.78 is 18.4. The maximum Gasteiger partial charge on any atom is 0.225 e. The fraction of sp³-hybridized carbons (Fsp3) is 0.250. The Bertz CT molecular complexity index is 663. The van der Waals surface area contributed by atoms with E-state index >= 15 is 0 Å². The molecule has 1 aromatic heterocycles. The molecule has 0 atom stereocenters. The van der Waals surface area contributed by atoms with Gasteiger partial charge in [-0.1, -0.05) is 0 Å². The number of halogens is 2. The zero-order valence-corrected chi connectivity index (χ0v) is 13.1. The van der Waals surface area contributed by atoms with Gasteiger partial charge in [0.2, 0.25) is 11.8 Å². The summed E-state index contributed by atoms with van der Waals surface area (Å²) >= 11 is 0. The van der Waals surface area contributed by atoms with Crippen molar-refractivity contribution in [2.24, 2.45) is 5.92 Å². The van der Waals surface area contributed by atoms with Crippen LogP contribution in [-0.2, 0) is 11.3 Å². The standard InChI is InChI=1S/C16H16FN3O2.ClH/c17-13-1-3-14(4-2-13)22-15-7-11(5-6-19-15)8-20-16(21)12-9-18-10-12;/h1-7,12,18H,8-10H2,(H,20,21);1H. The van der Waals surface area contributed by atoms with Gasteiger partial charge in [-0.15, -0.1) is 12.4 Å². The summed E-state index contributed by atoms with van der Waals surface area (Å²) in [6.45, 7) is 1.90. The minimum absolute atomic E-state index is 0. The molecule has 0 saturated carbocycles. The Morgan fingerprint density at radius 2 is 2.04 bits per heavy atom. The van der Waals surface area contributed by atoms with Crippen LogP contribution in [0.5, 0.6) is 11.6 Å². The molecule has 7 heteroatoms. The van der Waals surface area contributed by atoms with Gasteiger partial charge in [0.1, 0.15) is 11.6 Å². The highest BCUT2D eigenvalue weighted by atomic mass is 35.5. The SMILES string of the molecule is Cl.O=C(NCc1ccnc(Oc2ccc(F)cc2)c1)C1CNC1. The van der Waals surface area contributed by atoms with Crippen molar-refractivity contribution in [2.45, 2.75) is 6.54 Å². The van der Waals surface area contributed by atoms with Crippen LogP contribution >= 0.6 is 12.4 Å². The second-order valence-corrected chi connectivity index (χ2v) is 5.13. The smallest absolute Gasteiger partial charge is 0.225 e. The van der Waals surface area contributed by atoms with Gasteiger partial charge >= 0.3 is 0 Å². The number of rotatable bonds is 5. The minimum Gasteiger partial charge on any atom is -0.439 e. The number of benzene rings is 1. The van der Waals surface area contributed by atoms with Crippen LogP contribution in [0.1, 0.15) is 5.56 Å². The Morgan fingerprint density at radius 3 is 2.70 bits per heavy atom. The predicted octanol–water partition coefficient (Wildman–Crippen LogP) is 2.27. The molecule has 122 valence electrons. The van der Waals surface area contributed by atoms with Crippen molar-refractivity contribution in [3.63, 3.8) is 0 Å². The van der Waals surface area contributed by atoms with Gasteiger partial charge in [0.15, 0.2) is 0 Å². The van der Waals surface area contributed by atoms with E-state index in [1.807, 2.05) is 6.07 Å². The number of hydrogen-bond acceptors (Lipinski definition) is 4. The summed E-state index contributed by atoms with van der Waals surface area (Å²) in [5.41, 5.74) is 0.896. The Balaban J connectivity index is 0.00000192. The Labute approximate surface area is 139 Å². The van der Waals surface area contributed by atoms with E-state index in [4.69, 9.17) is 4.74 Å². The molecule has 1 fully saturated rings. The molecule has 2 N–H and O–H groups in total. The van der Waals surface area contributed by atoms with Crippen molar-refractivity contribution in [3.8, 4) is 11.6 Å². The Kier molecular flexibility index (Phi) is 5.90. The summed E-state index contributed by atoms with van der Waals surface area (Å²) in [6.07, 6.45) is 1.62. The first-order valence-corrected chi connectivity index (χ1v) is 7.07. The molecule has 1 amide bonds. The van der Waals surface area contributed by atoms with Gasteiger partial charge in [0.25, 0.3) is 0 Å². The third kappa shape index (κ3) is 4.64. The van der Waals surface area contributed by atoms with E-state index in [9.17, 15) is 9.18 Å². The van der Waals surface area contributed by atoms with Gasteiger partial charge in [-0.3, -0.25) is 4.79 Å². The van der Waals surface area contributed by atoms with Crippen molar-refractivity contribution in [1.82, 2.24) is 15.6 Å². The molecule has 1 aromatic carbocycles. The lowest BCUT2D eigenvalue weighted by atomic mass is 10.0. The zero-order chi connectivity index (χ0) is 15.4. The van der Waals surface area contributed by atoms with Crippen molar-refractivity contribution in [2.75, 3.05) is 13.1 Å². The molecular formula is C16H17ClFN3O2. The van der Waals surface area contributed by atoms with E-state index in [0.717, 1.165) is 18.7 Å². The maximum atomic E-state index is 12.8. The number of hydrogen-bond donors (Lipinski definition) is 2. The molecule has 0 spiro atoms. The molecule has 2 heterocycles. The van der Waals surface area contributed by atoms with Crippen LogP contribution in [0.25, 0.3) is 0 Å². The predicted molar refractivity (Wildman–Crippen MR) is 86.2 cm³/mol. The average Bonchev–Trinajstić information content (AvgIpc) is 2.46. The molecule has 0 aliphatic carbocycles. The van der Waals surface area contributed by atoms with Gasteiger partial charge in [-0.25, -0.2) is 9.37 Å². The first-order valence-electron chi connectivity index (χ1n) is 7.07. The second kappa shape index (κ2) is 7.89. The third-order valence-corrected chi connectivity index (χ3v) is 3.45. The monoisotopic (exact) mass is 337 g/mol. The number of ether oxygens (including phenoxy) is 1. The number of carbonyl (C=O) groups is 1. The van der Waals surface area contributed by atoms with Crippen LogP contribution < -0.4 is 15.4 Å². The fourth-order valence-electron chi connectivity index (χ4n) is 2.05. The number of nitrogens with zero attached hydrogens (tertiary/aromatic N) is 1. The van der Waals surface area contributed by atoms with E-state index < -0.39 is 0 Å². The highest BCUT2D eigenvalue weighted by molar-refractivity contribution is 5.85. The summed E-state index contributed by atoms with van der Waals surface area (Å²) in [5.74, 6) is 0.717. The Morgan fingerprint density at radius 1 is 1.30 bits per heavy atom. The number of amides is 1. The highest BCUT2D eigenvalue weighted by Gasteiger charge is 2.24. The third-order valence-electron chi connectivity index (χ3n) is 3.45. The van der Waals surface area contributed by atoms with Crippen LogP contribution in [-0.4, -0.2) is 24.0 Å². The molecule has 2 aromatic rings. The van der Waals surface area contributed by atoms with Crippen LogP contribution in [0.3, 0.4) is 0 Å². The number of nitrogens with one attached hydrogen (secondary N) is 2. The van der Waals surface area contributed by atoms with E-state index in [1.165, 1.54) is 24.3 Å². The van der Waals surface area contributed by atoms with E-state index in [0.29, 0.717) is 18.2 Å². The van der Waals surface area contributed by atoms with Crippen molar-refractivity contribution in [3.05, 3.63) is 54.0 Å². The number of pyridine rings is 1. The lowest BCUT2D eigenvalue weighted by Gasteiger charge is -2.25. The Hall–Kier alpha value is -2.18. The largest absolute Gasteiger partial charge is 0.439 e. The van der Waals surface area contributed by atoms with Gasteiger partial charge < -0.3 is 15.4 Å². The average molecular weight is 338 g/mol. The summed E-state index contributed by atoms with van der Waals surface area (Å²) in [7, 11) is 0. The molecule has 0 radical (unpaired) electrons. The van der Waals surface area contributed by atoms with Gasteiger partial charge in [0, 0.05) is 31.9 Å². The molecule has 0 unspecified atom stereocenters. The molecule has 0 bridgehead atoms. The number of aromatic nitrogens is 1. The molecule has 1 saturated heterocycles. The summed E-state index contributed by atoms with van der Waals surface area (Å²) in [6, 6.07) is 9.29.